The molecule has 0 spiro atoms. The van der Waals surface area contributed by atoms with Gasteiger partial charge >= 0.3 is 12.2 Å². The van der Waals surface area contributed by atoms with Crippen LogP contribution in [-0.4, -0.2) is 17.8 Å². The third kappa shape index (κ3) is 7.25. The van der Waals surface area contributed by atoms with Crippen molar-refractivity contribution in [3.05, 3.63) is 65.7 Å². The number of amides is 2. The Morgan fingerprint density at radius 3 is 2.31 bits per heavy atom. The summed E-state index contributed by atoms with van der Waals surface area (Å²) in [6.07, 6.45) is -1.02. The Morgan fingerprint density at radius 2 is 1.62 bits per heavy atom. The lowest BCUT2D eigenvalue weighted by Crippen LogP contribution is -2.27. The molecule has 26 heavy (non-hydrogen) atoms. The minimum Gasteiger partial charge on any atom is -0.445 e. The monoisotopic (exact) mass is 356 g/mol. The summed E-state index contributed by atoms with van der Waals surface area (Å²) in [7, 11) is 0. The van der Waals surface area contributed by atoms with E-state index in [1.807, 2.05) is 36.4 Å². The predicted octanol–water partition coefficient (Wildman–Crippen LogP) is 4.46. The maximum Gasteiger partial charge on any atom is 0.412 e. The van der Waals surface area contributed by atoms with Crippen molar-refractivity contribution < 1.29 is 19.1 Å². The second-order valence-corrected chi connectivity index (χ2v) is 6.74. The molecule has 0 bridgehead atoms. The summed E-state index contributed by atoms with van der Waals surface area (Å²) in [5, 5.41) is 5.35. The molecule has 2 aromatic rings. The fourth-order valence-corrected chi connectivity index (χ4v) is 2.13. The van der Waals surface area contributed by atoms with Crippen molar-refractivity contribution in [1.29, 1.82) is 0 Å². The second-order valence-electron chi connectivity index (χ2n) is 6.74. The number of ether oxygens (including phenoxy) is 2. The summed E-state index contributed by atoms with van der Waals surface area (Å²) in [5.41, 5.74) is 1.78. The maximum atomic E-state index is 11.8. The minimum absolute atomic E-state index is 0.215. The van der Waals surface area contributed by atoms with Gasteiger partial charge in [-0.3, -0.25) is 5.32 Å². The molecule has 2 aromatic carbocycles. The Hall–Kier alpha value is -3.02. The summed E-state index contributed by atoms with van der Waals surface area (Å²) < 4.78 is 10.4. The molecule has 2 N–H and O–H groups in total. The lowest BCUT2D eigenvalue weighted by Gasteiger charge is -2.19. The van der Waals surface area contributed by atoms with Crippen molar-refractivity contribution in [2.24, 2.45) is 0 Å². The molecule has 0 atom stereocenters. The SMILES string of the molecule is CC(C)(C)OC(=O)Nc1cccc(CNC(=O)OCc2ccccc2)c1. The predicted molar refractivity (Wildman–Crippen MR) is 99.8 cm³/mol. The van der Waals surface area contributed by atoms with Crippen LogP contribution in [0.15, 0.2) is 54.6 Å². The Morgan fingerprint density at radius 1 is 0.923 bits per heavy atom. The first kappa shape index (κ1) is 19.3. The molecule has 138 valence electrons. The fraction of sp³-hybridized carbons (Fsp3) is 0.300. The number of benzene rings is 2. The van der Waals surface area contributed by atoms with Crippen LogP contribution in [0.5, 0.6) is 0 Å². The van der Waals surface area contributed by atoms with E-state index >= 15 is 0 Å². The number of nitrogens with one attached hydrogen (secondary N) is 2. The van der Waals surface area contributed by atoms with E-state index < -0.39 is 17.8 Å². The van der Waals surface area contributed by atoms with Crippen molar-refractivity contribution in [2.45, 2.75) is 39.5 Å². The van der Waals surface area contributed by atoms with Crippen molar-refractivity contribution in [3.8, 4) is 0 Å². The van der Waals surface area contributed by atoms with E-state index in [1.165, 1.54) is 0 Å². The lowest BCUT2D eigenvalue weighted by atomic mass is 10.2. The summed E-state index contributed by atoms with van der Waals surface area (Å²) in [4.78, 5) is 23.6. The van der Waals surface area contributed by atoms with E-state index in [4.69, 9.17) is 9.47 Å². The molecule has 6 heteroatoms. The Kier molecular flexibility index (Phi) is 6.60. The number of hydrogen-bond acceptors (Lipinski definition) is 4. The number of anilines is 1. The van der Waals surface area contributed by atoms with Gasteiger partial charge in [-0.15, -0.1) is 0 Å². The summed E-state index contributed by atoms with van der Waals surface area (Å²) >= 11 is 0. The quantitative estimate of drug-likeness (QED) is 0.829. The highest BCUT2D eigenvalue weighted by atomic mass is 16.6. The Labute approximate surface area is 153 Å². The van der Waals surface area contributed by atoms with Crippen LogP contribution in [0.3, 0.4) is 0 Å². The third-order valence-corrected chi connectivity index (χ3v) is 3.22. The number of carbonyl (C=O) groups is 2. The summed E-state index contributed by atoms with van der Waals surface area (Å²) in [6, 6.07) is 16.6. The van der Waals surface area contributed by atoms with Crippen LogP contribution in [0.2, 0.25) is 0 Å². The van der Waals surface area contributed by atoms with Gasteiger partial charge in [-0.25, -0.2) is 9.59 Å². The molecular formula is C20H24N2O4. The van der Waals surface area contributed by atoms with E-state index in [0.29, 0.717) is 5.69 Å². The molecule has 0 saturated carbocycles. The van der Waals surface area contributed by atoms with Crippen LogP contribution in [0.25, 0.3) is 0 Å². The zero-order valence-electron chi connectivity index (χ0n) is 15.2. The van der Waals surface area contributed by atoms with Crippen LogP contribution in [0.1, 0.15) is 31.9 Å². The molecule has 0 aliphatic rings. The third-order valence-electron chi connectivity index (χ3n) is 3.22. The van der Waals surface area contributed by atoms with Gasteiger partial charge in [0, 0.05) is 12.2 Å². The molecule has 0 radical (unpaired) electrons. The van der Waals surface area contributed by atoms with Gasteiger partial charge in [0.2, 0.25) is 0 Å². The van der Waals surface area contributed by atoms with Gasteiger partial charge in [0.15, 0.2) is 0 Å². The van der Waals surface area contributed by atoms with Gasteiger partial charge < -0.3 is 14.8 Å². The van der Waals surface area contributed by atoms with E-state index in [1.54, 1.807) is 39.0 Å². The number of alkyl carbamates (subject to hydrolysis) is 1. The van der Waals surface area contributed by atoms with Crippen molar-refractivity contribution >= 4 is 17.9 Å². The number of rotatable bonds is 5. The maximum absolute atomic E-state index is 11.8. The molecule has 0 heterocycles. The van der Waals surface area contributed by atoms with E-state index in [9.17, 15) is 9.59 Å². The van der Waals surface area contributed by atoms with Gasteiger partial charge in [0.05, 0.1) is 0 Å². The molecule has 0 fully saturated rings. The standard InChI is InChI=1S/C20H24N2O4/c1-20(2,3)26-19(24)22-17-11-7-10-16(12-17)13-21-18(23)25-14-15-8-5-4-6-9-15/h4-12H,13-14H2,1-3H3,(H,21,23)(H,22,24). The summed E-state index contributed by atoms with van der Waals surface area (Å²) in [5.74, 6) is 0. The zero-order chi connectivity index (χ0) is 19.0. The topological polar surface area (TPSA) is 76.7 Å². The second kappa shape index (κ2) is 8.89. The first-order valence-corrected chi connectivity index (χ1v) is 8.35. The molecule has 2 rings (SSSR count). The smallest absolute Gasteiger partial charge is 0.412 e. The lowest BCUT2D eigenvalue weighted by molar-refractivity contribution is 0.0636. The van der Waals surface area contributed by atoms with Crippen LogP contribution in [-0.2, 0) is 22.6 Å². The molecule has 0 aliphatic carbocycles. The molecule has 0 saturated heterocycles. The average Bonchev–Trinajstić information content (AvgIpc) is 2.57. The van der Waals surface area contributed by atoms with Gasteiger partial charge in [-0.05, 0) is 44.0 Å². The van der Waals surface area contributed by atoms with E-state index in [2.05, 4.69) is 10.6 Å². The van der Waals surface area contributed by atoms with Gasteiger partial charge in [0.25, 0.3) is 0 Å². The Balaban J connectivity index is 1.80. The van der Waals surface area contributed by atoms with Crippen molar-refractivity contribution in [1.82, 2.24) is 5.32 Å². The van der Waals surface area contributed by atoms with Crippen molar-refractivity contribution in [2.75, 3.05) is 5.32 Å². The molecular weight excluding hydrogens is 332 g/mol. The van der Waals surface area contributed by atoms with Crippen LogP contribution in [0.4, 0.5) is 15.3 Å². The van der Waals surface area contributed by atoms with Gasteiger partial charge in [-0.2, -0.15) is 0 Å². The van der Waals surface area contributed by atoms with Crippen LogP contribution >= 0.6 is 0 Å². The first-order chi connectivity index (χ1) is 12.3. The molecule has 0 aliphatic heterocycles. The summed E-state index contributed by atoms with van der Waals surface area (Å²) in [6.45, 7) is 5.90. The number of carbonyl (C=O) groups excluding carboxylic acids is 2. The highest BCUT2D eigenvalue weighted by molar-refractivity contribution is 5.84. The molecule has 0 aromatic heterocycles. The number of hydrogen-bond donors (Lipinski definition) is 2. The molecule has 6 nitrogen and oxygen atoms in total. The fourth-order valence-electron chi connectivity index (χ4n) is 2.13. The van der Waals surface area contributed by atoms with Gasteiger partial charge in [0.1, 0.15) is 12.2 Å². The molecule has 0 unspecified atom stereocenters. The van der Waals surface area contributed by atoms with Gasteiger partial charge in [-0.1, -0.05) is 42.5 Å². The largest absolute Gasteiger partial charge is 0.445 e. The van der Waals surface area contributed by atoms with Crippen LogP contribution in [0, 0.1) is 0 Å². The first-order valence-electron chi connectivity index (χ1n) is 8.35. The Bertz CT molecular complexity index is 739. The normalized spacial score (nSPS) is 10.7. The zero-order valence-corrected chi connectivity index (χ0v) is 15.2. The average molecular weight is 356 g/mol. The highest BCUT2D eigenvalue weighted by Gasteiger charge is 2.16. The minimum atomic E-state index is -0.564. The van der Waals surface area contributed by atoms with Crippen LogP contribution < -0.4 is 10.6 Å². The van der Waals surface area contributed by atoms with E-state index in [0.717, 1.165) is 11.1 Å². The highest BCUT2D eigenvalue weighted by Crippen LogP contribution is 2.13. The van der Waals surface area contributed by atoms with E-state index in [-0.39, 0.29) is 13.2 Å². The molecule has 2 amide bonds. The van der Waals surface area contributed by atoms with Crippen molar-refractivity contribution in [3.63, 3.8) is 0 Å².